The van der Waals surface area contributed by atoms with Gasteiger partial charge in [0.25, 0.3) is 0 Å². The molecule has 0 saturated carbocycles. The number of fused-ring (bicyclic) bond motifs is 1. The van der Waals surface area contributed by atoms with Gasteiger partial charge in [-0.1, -0.05) is 6.07 Å². The van der Waals surface area contributed by atoms with Gasteiger partial charge in [-0.15, -0.1) is 0 Å². The molecule has 0 atom stereocenters. The molecule has 0 spiro atoms. The van der Waals surface area contributed by atoms with Gasteiger partial charge in [-0.05, 0) is 49.2 Å². The Kier molecular flexibility index (Phi) is 4.65. The summed E-state index contributed by atoms with van der Waals surface area (Å²) in [4.78, 5) is 25.8. The maximum absolute atomic E-state index is 12.1. The van der Waals surface area contributed by atoms with Gasteiger partial charge in [0.15, 0.2) is 0 Å². The van der Waals surface area contributed by atoms with Crippen LogP contribution in [0.3, 0.4) is 0 Å². The first-order valence-electron chi connectivity index (χ1n) is 7.88. The lowest BCUT2D eigenvalue weighted by molar-refractivity contribution is -0.111. The zero-order valence-electron chi connectivity index (χ0n) is 13.4. The fraction of sp³-hybridized carbons (Fsp3) is 0.222. The molecule has 6 heteroatoms. The number of hydrogen-bond donors (Lipinski definition) is 2. The lowest BCUT2D eigenvalue weighted by Crippen LogP contribution is -2.38. The van der Waals surface area contributed by atoms with Crippen molar-refractivity contribution < 1.29 is 14.0 Å². The van der Waals surface area contributed by atoms with Gasteiger partial charge in [-0.2, -0.15) is 0 Å². The number of amides is 3. The van der Waals surface area contributed by atoms with Crippen molar-refractivity contribution in [3.8, 4) is 0 Å². The second-order valence-electron chi connectivity index (χ2n) is 5.42. The summed E-state index contributed by atoms with van der Waals surface area (Å²) in [5.74, 6) is 0.357. The van der Waals surface area contributed by atoms with Crippen LogP contribution >= 0.6 is 0 Å². The molecule has 2 aromatic rings. The van der Waals surface area contributed by atoms with Crippen LogP contribution in [0, 0.1) is 0 Å². The fourth-order valence-corrected chi connectivity index (χ4v) is 2.64. The number of nitrogens with zero attached hydrogens (tertiary/aromatic N) is 1. The maximum atomic E-state index is 12.1. The molecule has 0 fully saturated rings. The van der Waals surface area contributed by atoms with Crippen LogP contribution < -0.4 is 15.5 Å². The van der Waals surface area contributed by atoms with Crippen molar-refractivity contribution in [1.82, 2.24) is 5.32 Å². The number of furan rings is 1. The zero-order chi connectivity index (χ0) is 16.9. The lowest BCUT2D eigenvalue weighted by atomic mass is 10.1. The molecule has 0 radical (unpaired) electrons. The number of hydrogen-bond acceptors (Lipinski definition) is 3. The molecule has 0 aliphatic carbocycles. The summed E-state index contributed by atoms with van der Waals surface area (Å²) in [7, 11) is 0. The number of rotatable bonds is 4. The molecule has 0 bridgehead atoms. The Bertz CT molecular complexity index is 766. The molecule has 3 amide bonds. The Morgan fingerprint density at radius 3 is 2.96 bits per heavy atom. The Morgan fingerprint density at radius 1 is 1.33 bits per heavy atom. The molecule has 2 N–H and O–H groups in total. The molecule has 1 aromatic heterocycles. The maximum Gasteiger partial charge on any atom is 0.321 e. The summed E-state index contributed by atoms with van der Waals surface area (Å²) in [6.45, 7) is 3.12. The van der Waals surface area contributed by atoms with Crippen LogP contribution in [0.4, 0.5) is 16.2 Å². The molecule has 2 heterocycles. The Labute approximate surface area is 140 Å². The van der Waals surface area contributed by atoms with E-state index in [1.807, 2.05) is 25.1 Å². The molecule has 3 rings (SSSR count). The van der Waals surface area contributed by atoms with Gasteiger partial charge in [0, 0.05) is 24.9 Å². The molecule has 124 valence electrons. The zero-order valence-corrected chi connectivity index (χ0v) is 13.4. The van der Waals surface area contributed by atoms with E-state index in [1.54, 1.807) is 29.4 Å². The summed E-state index contributed by atoms with van der Waals surface area (Å²) in [5, 5.41) is 5.60. The number of urea groups is 1. The van der Waals surface area contributed by atoms with Crippen molar-refractivity contribution in [1.29, 1.82) is 0 Å². The monoisotopic (exact) mass is 325 g/mol. The highest BCUT2D eigenvalue weighted by molar-refractivity contribution is 6.02. The first-order valence-corrected chi connectivity index (χ1v) is 7.88. The predicted molar refractivity (Wildman–Crippen MR) is 92.9 cm³/mol. The fourth-order valence-electron chi connectivity index (χ4n) is 2.64. The van der Waals surface area contributed by atoms with Crippen molar-refractivity contribution in [3.63, 3.8) is 0 Å². The van der Waals surface area contributed by atoms with Gasteiger partial charge in [-0.25, -0.2) is 4.79 Å². The molecule has 1 aliphatic rings. The molecule has 0 unspecified atom stereocenters. The molecule has 1 aromatic carbocycles. The van der Waals surface area contributed by atoms with Crippen molar-refractivity contribution in [2.24, 2.45) is 0 Å². The van der Waals surface area contributed by atoms with E-state index in [0.29, 0.717) is 24.5 Å². The lowest BCUT2D eigenvalue weighted by Gasteiger charge is -2.18. The highest BCUT2D eigenvalue weighted by atomic mass is 16.3. The van der Waals surface area contributed by atoms with Crippen molar-refractivity contribution in [3.05, 3.63) is 54.0 Å². The van der Waals surface area contributed by atoms with E-state index in [4.69, 9.17) is 4.42 Å². The first kappa shape index (κ1) is 15.9. The molecule has 0 saturated heterocycles. The minimum Gasteiger partial charge on any atom is -0.465 e. The minimum absolute atomic E-state index is 0.113. The van der Waals surface area contributed by atoms with Crippen LogP contribution in [0.5, 0.6) is 0 Å². The van der Waals surface area contributed by atoms with Gasteiger partial charge < -0.3 is 15.1 Å². The second-order valence-corrected chi connectivity index (χ2v) is 5.42. The Morgan fingerprint density at radius 2 is 2.21 bits per heavy atom. The van der Waals surface area contributed by atoms with Crippen LogP contribution in [-0.2, 0) is 11.2 Å². The van der Waals surface area contributed by atoms with E-state index in [0.717, 1.165) is 17.7 Å². The minimum atomic E-state index is -0.256. The summed E-state index contributed by atoms with van der Waals surface area (Å²) < 4.78 is 5.14. The van der Waals surface area contributed by atoms with Gasteiger partial charge in [-0.3, -0.25) is 9.69 Å². The highest BCUT2D eigenvalue weighted by Crippen LogP contribution is 2.30. The number of carbonyl (C=O) groups excluding carboxylic acids is 2. The van der Waals surface area contributed by atoms with Gasteiger partial charge >= 0.3 is 6.03 Å². The van der Waals surface area contributed by atoms with E-state index in [2.05, 4.69) is 10.6 Å². The van der Waals surface area contributed by atoms with Crippen LogP contribution in [0.1, 0.15) is 18.2 Å². The van der Waals surface area contributed by atoms with Gasteiger partial charge in [0.2, 0.25) is 5.91 Å². The van der Waals surface area contributed by atoms with E-state index >= 15 is 0 Å². The SMILES string of the molecule is CCNC(=O)N1CCc2ccc(NC(=O)/C=C\c3ccco3)cc21. The summed E-state index contributed by atoms with van der Waals surface area (Å²) in [5.41, 5.74) is 2.60. The summed E-state index contributed by atoms with van der Waals surface area (Å²) in [6.07, 6.45) is 5.38. The van der Waals surface area contributed by atoms with Crippen LogP contribution in [0.2, 0.25) is 0 Å². The van der Waals surface area contributed by atoms with Gasteiger partial charge in [0.1, 0.15) is 5.76 Å². The standard InChI is InChI=1S/C18H19N3O3/c1-2-19-18(23)21-10-9-13-5-6-14(12-16(13)21)20-17(22)8-7-15-4-3-11-24-15/h3-8,11-12H,2,9-10H2,1H3,(H,19,23)(H,20,22)/b8-7-. The quantitative estimate of drug-likeness (QED) is 0.849. The smallest absolute Gasteiger partial charge is 0.321 e. The van der Waals surface area contributed by atoms with Crippen LogP contribution in [0.15, 0.2) is 47.1 Å². The molecule has 6 nitrogen and oxygen atoms in total. The number of benzene rings is 1. The molecule has 1 aliphatic heterocycles. The van der Waals surface area contributed by atoms with Gasteiger partial charge in [0.05, 0.1) is 12.0 Å². The third-order valence-corrected chi connectivity index (χ3v) is 3.76. The average molecular weight is 325 g/mol. The first-order chi connectivity index (χ1) is 11.7. The Hall–Kier alpha value is -3.02. The third kappa shape index (κ3) is 3.48. The summed E-state index contributed by atoms with van der Waals surface area (Å²) in [6, 6.07) is 9.03. The van der Waals surface area contributed by atoms with Crippen molar-refractivity contribution in [2.45, 2.75) is 13.3 Å². The van der Waals surface area contributed by atoms with Crippen LogP contribution in [0.25, 0.3) is 6.08 Å². The van der Waals surface area contributed by atoms with Crippen molar-refractivity contribution in [2.75, 3.05) is 23.3 Å². The van der Waals surface area contributed by atoms with Crippen LogP contribution in [-0.4, -0.2) is 25.0 Å². The molecular weight excluding hydrogens is 306 g/mol. The van der Waals surface area contributed by atoms with E-state index in [-0.39, 0.29) is 11.9 Å². The number of carbonyl (C=O) groups is 2. The average Bonchev–Trinajstić information content (AvgIpc) is 3.22. The second kappa shape index (κ2) is 7.04. The molecular formula is C18H19N3O3. The van der Waals surface area contributed by atoms with E-state index in [1.165, 1.54) is 6.08 Å². The Balaban J connectivity index is 1.70. The predicted octanol–water partition coefficient (Wildman–Crippen LogP) is 3.02. The number of anilines is 2. The largest absolute Gasteiger partial charge is 0.465 e. The topological polar surface area (TPSA) is 74.6 Å². The molecule has 24 heavy (non-hydrogen) atoms. The normalized spacial score (nSPS) is 13.1. The highest BCUT2D eigenvalue weighted by Gasteiger charge is 2.24. The van der Waals surface area contributed by atoms with E-state index in [9.17, 15) is 9.59 Å². The van der Waals surface area contributed by atoms with E-state index < -0.39 is 0 Å². The third-order valence-electron chi connectivity index (χ3n) is 3.76. The summed E-state index contributed by atoms with van der Waals surface area (Å²) >= 11 is 0. The number of nitrogens with one attached hydrogen (secondary N) is 2. The van der Waals surface area contributed by atoms with Crippen molar-refractivity contribution >= 4 is 29.4 Å².